The van der Waals surface area contributed by atoms with Crippen molar-refractivity contribution in [1.29, 1.82) is 0 Å². The molecule has 0 N–H and O–H groups in total. The number of aromatic nitrogens is 1. The Morgan fingerprint density at radius 1 is 0.209 bits per heavy atom. The van der Waals surface area contributed by atoms with Crippen molar-refractivity contribution in [3.8, 4) is 95.1 Å². The maximum Gasteiger partial charge on any atom is 0.256 e. The zero-order valence-electron chi connectivity index (χ0n) is 76.6. The van der Waals surface area contributed by atoms with Crippen molar-refractivity contribution in [2.75, 3.05) is 14.7 Å². The molecule has 0 radical (unpaired) electrons. The topological polar surface area (TPSA) is 23.9 Å². The van der Waals surface area contributed by atoms with Gasteiger partial charge in [0.2, 0.25) is 0 Å². The highest BCUT2D eigenvalue weighted by Gasteiger charge is 2.51. The van der Waals surface area contributed by atoms with Gasteiger partial charge < -0.3 is 24.0 Å². The fourth-order valence-corrected chi connectivity index (χ4v) is 20.9. The number of nitrogens with zero attached hydrogens (tertiary/aromatic N) is 4. The lowest BCUT2D eigenvalue weighted by Gasteiger charge is -2.47. The second-order valence-electron chi connectivity index (χ2n) is 41.2. The van der Waals surface area contributed by atoms with Crippen molar-refractivity contribution >= 4 is 119 Å². The summed E-state index contributed by atoms with van der Waals surface area (Å²) >= 11 is 0. The first-order valence-corrected chi connectivity index (χ1v) is 46.0. The van der Waals surface area contributed by atoms with E-state index in [1.807, 2.05) is 0 Å². The lowest BCUT2D eigenvalue weighted by Crippen LogP contribution is -2.64. The summed E-state index contributed by atoms with van der Waals surface area (Å²) in [6.07, 6.45) is 0. The van der Waals surface area contributed by atoms with E-state index in [1.165, 1.54) is 60.4 Å². The van der Waals surface area contributed by atoms with Gasteiger partial charge in [-0.25, -0.2) is 0 Å². The molecule has 22 rings (SSSR count). The maximum absolute atomic E-state index is 8.31. The monoisotopic (exact) mass is 1660 g/mol. The second-order valence-corrected chi connectivity index (χ2v) is 41.2. The van der Waals surface area contributed by atoms with Crippen molar-refractivity contribution in [3.63, 3.8) is 0 Å². The van der Waals surface area contributed by atoms with Crippen LogP contribution in [0.1, 0.15) is 132 Å². The average Bonchev–Trinajstić information content (AvgIpc) is 0.854. The number of hydrogen-bond acceptors (Lipinski definition) is 4. The van der Waals surface area contributed by atoms with Gasteiger partial charge in [0, 0.05) is 90.0 Å². The summed E-state index contributed by atoms with van der Waals surface area (Å²) in [5.41, 5.74) is 41.2. The minimum atomic E-state index is -0.392. The maximum atomic E-state index is 8.31. The van der Waals surface area contributed by atoms with E-state index < -0.39 is 5.41 Å². The van der Waals surface area contributed by atoms with Crippen LogP contribution in [0.4, 0.5) is 51.2 Å². The van der Waals surface area contributed by atoms with Crippen molar-refractivity contribution in [2.24, 2.45) is 0 Å². The normalized spacial score (nSPS) is 13.4. The number of para-hydroxylation sites is 2. The summed E-state index contributed by atoms with van der Waals surface area (Å²) in [5, 5.41) is 2.43. The molecule has 7 heteroatoms. The fraction of sp³-hybridized carbons (Fsp3) is 0.164. The second kappa shape index (κ2) is 30.3. The molecule has 4 aliphatic rings. The van der Waals surface area contributed by atoms with E-state index >= 15 is 0 Å². The average molecular weight is 1670 g/mol. The zero-order valence-corrected chi connectivity index (χ0v) is 76.6. The van der Waals surface area contributed by atoms with E-state index in [-0.39, 0.29) is 35.1 Å². The molecule has 18 aromatic rings. The molecule has 0 spiro atoms. The van der Waals surface area contributed by atoms with Gasteiger partial charge in [-0.1, -0.05) is 377 Å². The first kappa shape index (κ1) is 80.7. The van der Waals surface area contributed by atoms with E-state index in [1.54, 1.807) is 0 Å². The van der Waals surface area contributed by atoms with E-state index in [0.29, 0.717) is 0 Å². The third kappa shape index (κ3) is 13.6. The van der Waals surface area contributed by atoms with E-state index in [0.717, 1.165) is 168 Å². The quantitative estimate of drug-likeness (QED) is 0.120. The number of fused-ring (bicyclic) bond motifs is 11. The highest BCUT2D eigenvalue weighted by molar-refractivity contribution is 7.02. The molecule has 129 heavy (non-hydrogen) atoms. The van der Waals surface area contributed by atoms with Gasteiger partial charge in [0.1, 0.15) is 11.5 Å². The molecule has 0 saturated heterocycles. The van der Waals surface area contributed by atoms with E-state index in [4.69, 9.17) is 4.74 Å². The molecule has 0 aliphatic carbocycles. The number of rotatable bonds is 11. The highest BCUT2D eigenvalue weighted by Crippen LogP contribution is 2.58. The van der Waals surface area contributed by atoms with Gasteiger partial charge in [0.05, 0.1) is 28.1 Å². The highest BCUT2D eigenvalue weighted by atomic mass is 16.5. The third-order valence-corrected chi connectivity index (χ3v) is 27.7. The summed E-state index contributed by atoms with van der Waals surface area (Å²) in [4.78, 5) is 8.17. The number of ether oxygens (including phenoxy) is 1. The summed E-state index contributed by atoms with van der Waals surface area (Å²) in [6.45, 7) is 34.9. The van der Waals surface area contributed by atoms with Crippen LogP contribution < -0.4 is 52.2 Å². The Bertz CT molecular complexity index is 7280. The lowest BCUT2D eigenvalue weighted by molar-refractivity contribution is 0.483. The molecule has 1 aromatic heterocycles. The largest absolute Gasteiger partial charge is 0.458 e. The molecular formula is C122H106B2N4O. The smallest absolute Gasteiger partial charge is 0.256 e. The van der Waals surface area contributed by atoms with Gasteiger partial charge in [-0.3, -0.25) is 0 Å². The van der Waals surface area contributed by atoms with Gasteiger partial charge in [0.25, 0.3) is 13.4 Å². The van der Waals surface area contributed by atoms with Crippen LogP contribution in [0.5, 0.6) is 11.5 Å². The molecule has 5 heterocycles. The number of benzene rings is 17. The Kier molecular flexibility index (Phi) is 18.9. The summed E-state index contributed by atoms with van der Waals surface area (Å²) < 4.78 is 10.8. The molecule has 0 amide bonds. The first-order valence-electron chi connectivity index (χ1n) is 46.0. The van der Waals surface area contributed by atoms with Crippen LogP contribution in [-0.2, 0) is 27.1 Å². The van der Waals surface area contributed by atoms with Gasteiger partial charge in [-0.2, -0.15) is 0 Å². The van der Waals surface area contributed by atoms with Gasteiger partial charge in [-0.15, -0.1) is 0 Å². The Balaban J connectivity index is 0.916. The molecule has 0 saturated carbocycles. The Morgan fingerprint density at radius 3 is 0.868 bits per heavy atom. The molecule has 4 aliphatic heterocycles. The number of hydrogen-bond donors (Lipinski definition) is 0. The van der Waals surface area contributed by atoms with Crippen molar-refractivity contribution in [2.45, 2.75) is 131 Å². The van der Waals surface area contributed by atoms with E-state index in [2.05, 4.69) is 493 Å². The summed E-state index contributed by atoms with van der Waals surface area (Å²) in [6, 6.07) is 142. The van der Waals surface area contributed by atoms with Crippen LogP contribution in [0, 0.1) is 0 Å². The Hall–Kier alpha value is -14.1. The van der Waals surface area contributed by atoms with Crippen LogP contribution in [0.15, 0.2) is 370 Å². The minimum absolute atomic E-state index is 0.202. The van der Waals surface area contributed by atoms with Crippen LogP contribution in [0.25, 0.3) is 105 Å². The Labute approximate surface area is 761 Å². The molecule has 626 valence electrons. The minimum Gasteiger partial charge on any atom is -0.458 e. The molecule has 0 unspecified atom stereocenters. The summed E-state index contributed by atoms with van der Waals surface area (Å²) in [7, 11) is 0. The van der Waals surface area contributed by atoms with Crippen molar-refractivity contribution < 1.29 is 4.74 Å². The zero-order chi connectivity index (χ0) is 88.5. The van der Waals surface area contributed by atoms with Crippen molar-refractivity contribution in [3.05, 3.63) is 398 Å². The Morgan fingerprint density at radius 2 is 0.504 bits per heavy atom. The number of anilines is 9. The fourth-order valence-electron chi connectivity index (χ4n) is 20.9. The van der Waals surface area contributed by atoms with Crippen molar-refractivity contribution in [1.82, 2.24) is 4.57 Å². The van der Waals surface area contributed by atoms with Gasteiger partial charge in [0.15, 0.2) is 0 Å². The SMILES string of the molecule is CC(C)(C)c1cc(-c2ccccc2)c(N2c3cc(-c4ccccc4)ccc3B3c4cc5c(cc4Oc4cc(C(C)(C)C)cc2c43)N(c2c(-c3ccccc3)cc(C(C)(C)C)cc2-c2ccccc2)c2cc(C(C)(C)C)cc3c2B5c2ccc(-n4c5ccccc5c5ccccc54)cc2N3c2c(-c3ccccc3)cc(C(C)(C)C)cc2-c2ccccc2)c(-c2ccccc2)c1. The molecular weight excluding hydrogens is 1560 g/mol. The molecule has 17 aromatic carbocycles. The van der Waals surface area contributed by atoms with Crippen LogP contribution >= 0.6 is 0 Å². The van der Waals surface area contributed by atoms with Crippen LogP contribution in [0.3, 0.4) is 0 Å². The molecule has 0 atom stereocenters. The first-order chi connectivity index (χ1) is 62.2. The molecule has 0 bridgehead atoms. The third-order valence-electron chi connectivity index (χ3n) is 27.7. The summed E-state index contributed by atoms with van der Waals surface area (Å²) in [5.74, 6) is 1.68. The van der Waals surface area contributed by atoms with Gasteiger partial charge in [-0.05, 0) is 223 Å². The van der Waals surface area contributed by atoms with E-state index in [9.17, 15) is 0 Å². The molecule has 0 fully saturated rings. The predicted molar refractivity (Wildman–Crippen MR) is 552 cm³/mol. The standard InChI is InChI=1S/C122H106B2N4O/c1-118(2,3)85-64-93(78-43-25-17-26-44-78)115(94(65-85)79-45-27-18-28-46-79)126-105-63-84(77-41-23-16-24-42-77)59-61-99(105)124-102-75-101-107(76-111(102)129-112-73-89(122(13,14)15)72-110(126)114(112)124)128(117-97(82-51-33-21-34-52-82)68-87(120(7,8)9)69-98(117)83-53-35-22-36-54-83)109-71-88(121(10,11)12)70-108-113(109)123(101)100-62-60-90(125-103-57-39-37-55-91(103)92-56-38-40-58-104(92)125)74-106(100)127(108)116-95(80-47-29-19-30-48-80)66-86(119(4,5)6)67-96(116)81-49-31-20-32-50-81/h16-76H,1-15H3. The molecule has 5 nitrogen and oxygen atoms in total. The van der Waals surface area contributed by atoms with Gasteiger partial charge >= 0.3 is 0 Å². The predicted octanol–water partition coefficient (Wildman–Crippen LogP) is 29.4. The van der Waals surface area contributed by atoms with Crippen LogP contribution in [-0.4, -0.2) is 18.0 Å². The van der Waals surface area contributed by atoms with Crippen LogP contribution in [0.2, 0.25) is 0 Å². The lowest BCUT2D eigenvalue weighted by atomic mass is 9.30.